The maximum atomic E-state index is 11.9. The van der Waals surface area contributed by atoms with E-state index < -0.39 is 11.6 Å². The standard InChI is InChI=1S/C16H22O4/c1-6-12(3)15(18)20-14-9-11(2)7-8-13(14)16(4,10-17)19-5/h6-9,17H,10H2,1-5H3/b12-6-. The molecule has 0 amide bonds. The Hall–Kier alpha value is -1.65. The lowest BCUT2D eigenvalue weighted by Gasteiger charge is -2.28. The third-order valence-electron chi connectivity index (χ3n) is 3.42. The van der Waals surface area contributed by atoms with Gasteiger partial charge in [0.15, 0.2) is 0 Å². The van der Waals surface area contributed by atoms with Crippen LogP contribution in [-0.4, -0.2) is 24.8 Å². The molecule has 1 rings (SSSR count). The lowest BCUT2D eigenvalue weighted by molar-refractivity contribution is -0.130. The summed E-state index contributed by atoms with van der Waals surface area (Å²) in [7, 11) is 1.51. The average molecular weight is 278 g/mol. The zero-order chi connectivity index (χ0) is 15.3. The highest BCUT2D eigenvalue weighted by Gasteiger charge is 2.29. The third-order valence-corrected chi connectivity index (χ3v) is 3.42. The van der Waals surface area contributed by atoms with E-state index in [0.717, 1.165) is 5.56 Å². The van der Waals surface area contributed by atoms with Crippen LogP contribution in [0.15, 0.2) is 29.8 Å². The topological polar surface area (TPSA) is 55.8 Å². The van der Waals surface area contributed by atoms with Gasteiger partial charge < -0.3 is 14.6 Å². The Balaban J connectivity index is 3.24. The van der Waals surface area contributed by atoms with Crippen LogP contribution in [-0.2, 0) is 15.1 Å². The normalized spacial score (nSPS) is 14.8. The van der Waals surface area contributed by atoms with Crippen LogP contribution in [0, 0.1) is 6.92 Å². The van der Waals surface area contributed by atoms with Gasteiger partial charge in [-0.25, -0.2) is 4.79 Å². The zero-order valence-electron chi connectivity index (χ0n) is 12.7. The molecule has 110 valence electrons. The largest absolute Gasteiger partial charge is 0.423 e. The van der Waals surface area contributed by atoms with Crippen LogP contribution in [0.2, 0.25) is 0 Å². The first-order valence-electron chi connectivity index (χ1n) is 6.50. The van der Waals surface area contributed by atoms with Crippen molar-refractivity contribution in [1.29, 1.82) is 0 Å². The van der Waals surface area contributed by atoms with Crippen molar-refractivity contribution >= 4 is 5.97 Å². The molecule has 0 aliphatic rings. The number of rotatable bonds is 5. The number of esters is 1. The van der Waals surface area contributed by atoms with Crippen molar-refractivity contribution in [2.24, 2.45) is 0 Å². The third kappa shape index (κ3) is 3.46. The van der Waals surface area contributed by atoms with E-state index in [1.165, 1.54) is 7.11 Å². The van der Waals surface area contributed by atoms with Crippen molar-refractivity contribution in [3.8, 4) is 5.75 Å². The van der Waals surface area contributed by atoms with Gasteiger partial charge in [0.05, 0.1) is 6.61 Å². The summed E-state index contributed by atoms with van der Waals surface area (Å²) in [6.45, 7) is 6.92. The number of ether oxygens (including phenoxy) is 2. The van der Waals surface area contributed by atoms with Crippen molar-refractivity contribution in [2.75, 3.05) is 13.7 Å². The minimum Gasteiger partial charge on any atom is -0.423 e. The molecule has 0 saturated carbocycles. The van der Waals surface area contributed by atoms with Crippen molar-refractivity contribution in [3.63, 3.8) is 0 Å². The summed E-state index contributed by atoms with van der Waals surface area (Å²) in [4.78, 5) is 11.9. The number of allylic oxidation sites excluding steroid dienone is 1. The summed E-state index contributed by atoms with van der Waals surface area (Å²) in [5.41, 5.74) is 1.23. The maximum Gasteiger partial charge on any atom is 0.338 e. The monoisotopic (exact) mass is 278 g/mol. The first-order valence-corrected chi connectivity index (χ1v) is 6.50. The van der Waals surface area contributed by atoms with Crippen molar-refractivity contribution in [3.05, 3.63) is 41.0 Å². The Morgan fingerprint density at radius 1 is 1.45 bits per heavy atom. The lowest BCUT2D eigenvalue weighted by atomic mass is 9.94. The van der Waals surface area contributed by atoms with Crippen LogP contribution in [0.25, 0.3) is 0 Å². The summed E-state index contributed by atoms with van der Waals surface area (Å²) in [6.07, 6.45) is 1.69. The van der Waals surface area contributed by atoms with Crippen molar-refractivity contribution in [2.45, 2.75) is 33.3 Å². The Labute approximate surface area is 120 Å². The number of carbonyl (C=O) groups is 1. The highest BCUT2D eigenvalue weighted by atomic mass is 16.5. The molecule has 20 heavy (non-hydrogen) atoms. The molecule has 1 N–H and O–H groups in total. The highest BCUT2D eigenvalue weighted by Crippen LogP contribution is 2.33. The summed E-state index contributed by atoms with van der Waals surface area (Å²) in [6, 6.07) is 5.47. The first kappa shape index (κ1) is 16.4. The quantitative estimate of drug-likeness (QED) is 0.511. The Bertz CT molecular complexity index is 513. The van der Waals surface area contributed by atoms with E-state index in [9.17, 15) is 9.90 Å². The second-order valence-corrected chi connectivity index (χ2v) is 4.95. The minimum absolute atomic E-state index is 0.209. The molecule has 0 saturated heterocycles. The molecule has 0 bridgehead atoms. The second kappa shape index (κ2) is 6.68. The van der Waals surface area contributed by atoms with Crippen LogP contribution in [0.4, 0.5) is 0 Å². The lowest BCUT2D eigenvalue weighted by Crippen LogP contribution is -2.30. The second-order valence-electron chi connectivity index (χ2n) is 4.95. The minimum atomic E-state index is -0.910. The maximum absolute atomic E-state index is 11.9. The average Bonchev–Trinajstić information content (AvgIpc) is 2.45. The number of hydrogen-bond acceptors (Lipinski definition) is 4. The molecule has 0 aromatic heterocycles. The fraction of sp³-hybridized carbons (Fsp3) is 0.438. The Kier molecular flexibility index (Phi) is 5.48. The SMILES string of the molecule is C/C=C(/C)C(=O)Oc1cc(C)ccc1C(C)(CO)OC. The molecule has 0 radical (unpaired) electrons. The van der Waals surface area contributed by atoms with Crippen molar-refractivity contribution < 1.29 is 19.4 Å². The van der Waals surface area contributed by atoms with Gasteiger partial charge in [-0.3, -0.25) is 0 Å². The number of methoxy groups -OCH3 is 1. The molecule has 1 aromatic carbocycles. The van der Waals surface area contributed by atoms with Gasteiger partial charge in [-0.1, -0.05) is 18.2 Å². The van der Waals surface area contributed by atoms with Gasteiger partial charge in [0.1, 0.15) is 11.4 Å². The first-order chi connectivity index (χ1) is 9.37. The van der Waals surface area contributed by atoms with E-state index in [1.807, 2.05) is 19.1 Å². The van der Waals surface area contributed by atoms with E-state index in [0.29, 0.717) is 16.9 Å². The Morgan fingerprint density at radius 2 is 2.10 bits per heavy atom. The fourth-order valence-corrected chi connectivity index (χ4v) is 1.71. The number of aliphatic hydroxyl groups excluding tert-OH is 1. The van der Waals surface area contributed by atoms with Crippen LogP contribution >= 0.6 is 0 Å². The number of aryl methyl sites for hydroxylation is 1. The van der Waals surface area contributed by atoms with Gasteiger partial charge in [0, 0.05) is 18.2 Å². The van der Waals surface area contributed by atoms with E-state index in [1.54, 1.807) is 32.9 Å². The Morgan fingerprint density at radius 3 is 2.60 bits per heavy atom. The van der Waals surface area contributed by atoms with Gasteiger partial charge in [0.25, 0.3) is 0 Å². The number of carbonyl (C=O) groups excluding carboxylic acids is 1. The van der Waals surface area contributed by atoms with Crippen molar-refractivity contribution in [1.82, 2.24) is 0 Å². The van der Waals surface area contributed by atoms with Crippen LogP contribution in [0.3, 0.4) is 0 Å². The molecule has 0 aliphatic carbocycles. The molecule has 1 unspecified atom stereocenters. The summed E-state index contributed by atoms with van der Waals surface area (Å²) < 4.78 is 10.8. The molecule has 0 fully saturated rings. The number of benzene rings is 1. The van der Waals surface area contributed by atoms with E-state index in [-0.39, 0.29) is 6.61 Å². The van der Waals surface area contributed by atoms with E-state index >= 15 is 0 Å². The predicted octanol–water partition coefficient (Wildman–Crippen LogP) is 2.72. The van der Waals surface area contributed by atoms with Crippen LogP contribution < -0.4 is 4.74 Å². The summed E-state index contributed by atoms with van der Waals surface area (Å²) >= 11 is 0. The molecule has 0 heterocycles. The number of aliphatic hydroxyl groups is 1. The summed E-state index contributed by atoms with van der Waals surface area (Å²) in [5.74, 6) is 0.00495. The van der Waals surface area contributed by atoms with E-state index in [2.05, 4.69) is 0 Å². The predicted molar refractivity (Wildman–Crippen MR) is 77.7 cm³/mol. The van der Waals surface area contributed by atoms with Crippen LogP contribution in [0.1, 0.15) is 31.9 Å². The molecule has 0 spiro atoms. The van der Waals surface area contributed by atoms with Gasteiger partial charge in [-0.05, 0) is 39.3 Å². The molecular formula is C16H22O4. The smallest absolute Gasteiger partial charge is 0.338 e. The van der Waals surface area contributed by atoms with Gasteiger partial charge in [-0.2, -0.15) is 0 Å². The van der Waals surface area contributed by atoms with Gasteiger partial charge in [-0.15, -0.1) is 0 Å². The molecular weight excluding hydrogens is 256 g/mol. The fourth-order valence-electron chi connectivity index (χ4n) is 1.71. The molecule has 4 heteroatoms. The van der Waals surface area contributed by atoms with E-state index in [4.69, 9.17) is 9.47 Å². The van der Waals surface area contributed by atoms with Crippen LogP contribution in [0.5, 0.6) is 5.75 Å². The van der Waals surface area contributed by atoms with Gasteiger partial charge in [0.2, 0.25) is 0 Å². The number of hydrogen-bond donors (Lipinski definition) is 1. The van der Waals surface area contributed by atoms with Gasteiger partial charge >= 0.3 is 5.97 Å². The molecule has 1 aromatic rings. The zero-order valence-corrected chi connectivity index (χ0v) is 12.7. The molecule has 4 nitrogen and oxygen atoms in total. The molecule has 0 aliphatic heterocycles. The highest BCUT2D eigenvalue weighted by molar-refractivity contribution is 5.89. The molecule has 1 atom stereocenters. The summed E-state index contributed by atoms with van der Waals surface area (Å²) in [5, 5.41) is 9.55.